The number of hydrogen-bond donors (Lipinski definition) is 1. The van der Waals surface area contributed by atoms with E-state index in [9.17, 15) is 8.42 Å². The van der Waals surface area contributed by atoms with Crippen molar-refractivity contribution < 1.29 is 8.42 Å². The molecule has 0 spiro atoms. The number of hydrogen-bond acceptors (Lipinski definition) is 4. The zero-order valence-corrected chi connectivity index (χ0v) is 12.4. The molecule has 0 aliphatic carbocycles. The first-order valence-electron chi connectivity index (χ1n) is 5.71. The summed E-state index contributed by atoms with van der Waals surface area (Å²) in [6, 6.07) is 12.9. The summed E-state index contributed by atoms with van der Waals surface area (Å²) in [5, 5.41) is 0. The lowest BCUT2D eigenvalue weighted by atomic mass is 10.2. The Kier molecular flexibility index (Phi) is 3.87. The molecule has 0 aliphatic rings. The van der Waals surface area contributed by atoms with E-state index in [4.69, 9.17) is 5.73 Å². The Morgan fingerprint density at radius 1 is 1.05 bits per heavy atom. The van der Waals surface area contributed by atoms with Gasteiger partial charge in [-0.3, -0.25) is 0 Å². The monoisotopic (exact) mass is 293 g/mol. The lowest BCUT2D eigenvalue weighted by molar-refractivity contribution is 0.602. The van der Waals surface area contributed by atoms with Crippen LogP contribution in [0.2, 0.25) is 0 Å². The number of anilines is 1. The van der Waals surface area contributed by atoms with Crippen LogP contribution in [0.15, 0.2) is 57.2 Å². The second kappa shape index (κ2) is 5.27. The number of nitrogen functional groups attached to an aromatic ring is 1. The van der Waals surface area contributed by atoms with Gasteiger partial charge >= 0.3 is 0 Å². The number of nitrogens with two attached hydrogens (primary N) is 1. The minimum absolute atomic E-state index is 0.249. The van der Waals surface area contributed by atoms with Gasteiger partial charge in [-0.15, -0.1) is 0 Å². The number of aryl methyl sites for hydroxylation is 1. The van der Waals surface area contributed by atoms with Crippen molar-refractivity contribution in [3.63, 3.8) is 0 Å². The van der Waals surface area contributed by atoms with Gasteiger partial charge in [-0.25, -0.2) is 8.42 Å². The average Bonchev–Trinajstić information content (AvgIpc) is 2.33. The smallest absolute Gasteiger partial charge is 0.175 e. The zero-order chi connectivity index (χ0) is 14.0. The van der Waals surface area contributed by atoms with Crippen LogP contribution in [0.4, 0.5) is 5.69 Å². The van der Waals surface area contributed by atoms with E-state index in [-0.39, 0.29) is 4.90 Å². The highest BCUT2D eigenvalue weighted by Gasteiger charge is 2.10. The third-order valence-electron chi connectivity index (χ3n) is 2.72. The van der Waals surface area contributed by atoms with Crippen molar-refractivity contribution in [3.05, 3.63) is 48.0 Å². The highest BCUT2D eigenvalue weighted by atomic mass is 32.2. The van der Waals surface area contributed by atoms with E-state index in [0.717, 1.165) is 9.79 Å². The standard InChI is InChI=1S/C14H15NO2S2/c1-10-5-3-4-6-13(10)18-14-8-7-11(9-12(14)15)19(2,16)17/h3-9H,15H2,1-2H3. The lowest BCUT2D eigenvalue weighted by Gasteiger charge is -2.09. The molecule has 19 heavy (non-hydrogen) atoms. The van der Waals surface area contributed by atoms with Gasteiger partial charge in [0.2, 0.25) is 0 Å². The molecule has 0 atom stereocenters. The van der Waals surface area contributed by atoms with Crippen LogP contribution in [0, 0.1) is 6.92 Å². The number of sulfone groups is 1. The first-order valence-corrected chi connectivity index (χ1v) is 8.42. The summed E-state index contributed by atoms with van der Waals surface area (Å²) in [5.41, 5.74) is 7.58. The molecule has 3 nitrogen and oxygen atoms in total. The van der Waals surface area contributed by atoms with Crippen LogP contribution >= 0.6 is 11.8 Å². The van der Waals surface area contributed by atoms with Crippen LogP contribution in [0.25, 0.3) is 0 Å². The van der Waals surface area contributed by atoms with E-state index in [1.165, 1.54) is 17.9 Å². The molecule has 0 heterocycles. The largest absolute Gasteiger partial charge is 0.398 e. The normalized spacial score (nSPS) is 11.5. The summed E-state index contributed by atoms with van der Waals surface area (Å²) >= 11 is 1.54. The molecular weight excluding hydrogens is 278 g/mol. The summed E-state index contributed by atoms with van der Waals surface area (Å²) in [5.74, 6) is 0. The highest BCUT2D eigenvalue weighted by Crippen LogP contribution is 2.34. The summed E-state index contributed by atoms with van der Waals surface area (Å²) in [7, 11) is -3.21. The minimum Gasteiger partial charge on any atom is -0.398 e. The maximum atomic E-state index is 11.4. The molecule has 0 saturated heterocycles. The predicted octanol–water partition coefficient (Wildman–Crippen LogP) is 3.13. The van der Waals surface area contributed by atoms with Gasteiger partial charge in [0.15, 0.2) is 9.84 Å². The van der Waals surface area contributed by atoms with Gasteiger partial charge in [0.1, 0.15) is 0 Å². The van der Waals surface area contributed by atoms with Gasteiger partial charge in [-0.2, -0.15) is 0 Å². The second-order valence-corrected chi connectivity index (χ2v) is 7.44. The Morgan fingerprint density at radius 2 is 1.74 bits per heavy atom. The van der Waals surface area contributed by atoms with Crippen molar-refractivity contribution in [2.45, 2.75) is 21.6 Å². The topological polar surface area (TPSA) is 60.2 Å². The average molecular weight is 293 g/mol. The molecule has 2 rings (SSSR count). The van der Waals surface area contributed by atoms with Gasteiger partial charge < -0.3 is 5.73 Å². The fourth-order valence-electron chi connectivity index (χ4n) is 1.64. The van der Waals surface area contributed by atoms with Crippen LogP contribution in [0.3, 0.4) is 0 Å². The van der Waals surface area contributed by atoms with E-state index in [2.05, 4.69) is 0 Å². The molecule has 0 radical (unpaired) electrons. The molecule has 0 fully saturated rings. The predicted molar refractivity (Wildman–Crippen MR) is 79.3 cm³/mol. The Bertz CT molecular complexity index is 709. The summed E-state index contributed by atoms with van der Waals surface area (Å²) in [6.07, 6.45) is 1.18. The van der Waals surface area contributed by atoms with Gasteiger partial charge in [0.05, 0.1) is 4.90 Å². The van der Waals surface area contributed by atoms with Gasteiger partial charge in [0.25, 0.3) is 0 Å². The third kappa shape index (κ3) is 3.30. The second-order valence-electron chi connectivity index (χ2n) is 4.34. The van der Waals surface area contributed by atoms with Crippen LogP contribution in [-0.4, -0.2) is 14.7 Å². The fourth-order valence-corrected chi connectivity index (χ4v) is 3.22. The maximum absolute atomic E-state index is 11.4. The first kappa shape index (κ1) is 14.0. The van der Waals surface area contributed by atoms with Crippen LogP contribution < -0.4 is 5.73 Å². The van der Waals surface area contributed by atoms with E-state index < -0.39 is 9.84 Å². The summed E-state index contributed by atoms with van der Waals surface area (Å²) < 4.78 is 22.9. The fraction of sp³-hybridized carbons (Fsp3) is 0.143. The van der Waals surface area contributed by atoms with Crippen molar-refractivity contribution in [1.82, 2.24) is 0 Å². The molecule has 2 aromatic carbocycles. The number of rotatable bonds is 3. The maximum Gasteiger partial charge on any atom is 0.175 e. The van der Waals surface area contributed by atoms with Crippen molar-refractivity contribution >= 4 is 27.3 Å². The molecule has 5 heteroatoms. The number of benzene rings is 2. The van der Waals surface area contributed by atoms with Crippen LogP contribution in [0.5, 0.6) is 0 Å². The van der Waals surface area contributed by atoms with Gasteiger partial charge in [-0.1, -0.05) is 30.0 Å². The molecule has 0 unspecified atom stereocenters. The highest BCUT2D eigenvalue weighted by molar-refractivity contribution is 7.99. The van der Waals surface area contributed by atoms with Crippen molar-refractivity contribution in [1.29, 1.82) is 0 Å². The molecular formula is C14H15NO2S2. The Morgan fingerprint density at radius 3 is 2.32 bits per heavy atom. The van der Waals surface area contributed by atoms with E-state index in [0.29, 0.717) is 5.69 Å². The Labute approximate surface area is 117 Å². The first-order chi connectivity index (χ1) is 8.88. The molecule has 100 valence electrons. The van der Waals surface area contributed by atoms with Gasteiger partial charge in [-0.05, 0) is 36.8 Å². The van der Waals surface area contributed by atoms with Crippen LogP contribution in [-0.2, 0) is 9.84 Å². The van der Waals surface area contributed by atoms with Crippen molar-refractivity contribution in [2.24, 2.45) is 0 Å². The molecule has 0 saturated carbocycles. The molecule has 0 amide bonds. The molecule has 0 bridgehead atoms. The molecule has 0 aromatic heterocycles. The summed E-state index contributed by atoms with van der Waals surface area (Å²) in [4.78, 5) is 2.22. The Balaban J connectivity index is 2.36. The van der Waals surface area contributed by atoms with Gasteiger partial charge in [0, 0.05) is 21.7 Å². The molecule has 2 aromatic rings. The van der Waals surface area contributed by atoms with Crippen LogP contribution in [0.1, 0.15) is 5.56 Å². The molecule has 2 N–H and O–H groups in total. The van der Waals surface area contributed by atoms with E-state index in [1.54, 1.807) is 23.9 Å². The van der Waals surface area contributed by atoms with E-state index >= 15 is 0 Å². The van der Waals surface area contributed by atoms with E-state index in [1.807, 2.05) is 31.2 Å². The molecule has 0 aliphatic heterocycles. The quantitative estimate of drug-likeness (QED) is 0.883. The third-order valence-corrected chi connectivity index (χ3v) is 5.10. The SMILES string of the molecule is Cc1ccccc1Sc1ccc(S(C)(=O)=O)cc1N. The van der Waals surface area contributed by atoms with Crippen molar-refractivity contribution in [2.75, 3.05) is 12.0 Å². The zero-order valence-electron chi connectivity index (χ0n) is 10.8. The van der Waals surface area contributed by atoms with Crippen molar-refractivity contribution in [3.8, 4) is 0 Å². The Hall–Kier alpha value is -1.46. The minimum atomic E-state index is -3.21. The summed E-state index contributed by atoms with van der Waals surface area (Å²) in [6.45, 7) is 2.03. The lowest BCUT2D eigenvalue weighted by Crippen LogP contribution is -1.99.